The number of rotatable bonds is 7. The van der Waals surface area contributed by atoms with Crippen LogP contribution in [0.15, 0.2) is 42.5 Å². The minimum atomic E-state index is -0.428. The first-order chi connectivity index (χ1) is 14.4. The van der Waals surface area contributed by atoms with Crippen LogP contribution >= 0.6 is 0 Å². The molecule has 0 saturated heterocycles. The average Bonchev–Trinajstić information content (AvgIpc) is 2.70. The van der Waals surface area contributed by atoms with Gasteiger partial charge in [-0.2, -0.15) is 0 Å². The number of nitrogens with one attached hydrogen (secondary N) is 1. The van der Waals surface area contributed by atoms with E-state index in [-0.39, 0.29) is 5.54 Å². The van der Waals surface area contributed by atoms with Crippen LogP contribution in [0.5, 0.6) is 11.5 Å². The second kappa shape index (κ2) is 7.58. The van der Waals surface area contributed by atoms with Crippen LogP contribution in [0.1, 0.15) is 55.2 Å². The van der Waals surface area contributed by atoms with Gasteiger partial charge >= 0.3 is 0 Å². The fourth-order valence-electron chi connectivity index (χ4n) is 6.50. The Morgan fingerprint density at radius 1 is 0.967 bits per heavy atom. The third kappa shape index (κ3) is 3.95. The second-order valence-electron chi connectivity index (χ2n) is 10.1. The molecule has 4 aliphatic rings. The summed E-state index contributed by atoms with van der Waals surface area (Å²) in [5, 5.41) is 14.8. The van der Waals surface area contributed by atoms with Crippen LogP contribution in [-0.2, 0) is 13.2 Å². The number of benzene rings is 2. The number of aryl methyl sites for hydroxylation is 1. The molecule has 2 unspecified atom stereocenters. The molecule has 4 bridgehead atoms. The van der Waals surface area contributed by atoms with E-state index in [1.165, 1.54) is 30.4 Å². The molecule has 30 heavy (non-hydrogen) atoms. The van der Waals surface area contributed by atoms with Crippen molar-refractivity contribution in [3.63, 3.8) is 0 Å². The molecule has 0 amide bonds. The molecule has 4 heteroatoms. The molecular formula is C26H33NO3. The first-order valence-corrected chi connectivity index (χ1v) is 11.3. The molecule has 2 N–H and O–H groups in total. The van der Waals surface area contributed by atoms with E-state index in [1.807, 2.05) is 6.07 Å². The second-order valence-corrected chi connectivity index (χ2v) is 10.1. The topological polar surface area (TPSA) is 50.7 Å². The Hall–Kier alpha value is -2.04. The van der Waals surface area contributed by atoms with Gasteiger partial charge in [0.15, 0.2) is 11.5 Å². The maximum atomic E-state index is 11.0. The summed E-state index contributed by atoms with van der Waals surface area (Å²) in [5.41, 5.74) is 3.26. The zero-order valence-corrected chi connectivity index (χ0v) is 18.1. The molecular weight excluding hydrogens is 374 g/mol. The predicted octanol–water partition coefficient (Wildman–Crippen LogP) is 4.76. The van der Waals surface area contributed by atoms with Crippen LogP contribution in [-0.4, -0.2) is 23.4 Å². The Bertz CT molecular complexity index is 893. The SMILES string of the molecule is COc1cc(CNC23CC4CC(CC(O)(C4)C2)C3)ccc1OCc1ccc(C)cc1. The Kier molecular flexibility index (Phi) is 5.03. The van der Waals surface area contributed by atoms with Crippen molar-refractivity contribution in [2.24, 2.45) is 11.8 Å². The molecule has 160 valence electrons. The van der Waals surface area contributed by atoms with Gasteiger partial charge in [-0.3, -0.25) is 0 Å². The molecule has 0 radical (unpaired) electrons. The fourth-order valence-corrected chi connectivity index (χ4v) is 6.50. The van der Waals surface area contributed by atoms with Crippen molar-refractivity contribution < 1.29 is 14.6 Å². The largest absolute Gasteiger partial charge is 0.493 e. The van der Waals surface area contributed by atoms with Gasteiger partial charge in [-0.25, -0.2) is 0 Å². The van der Waals surface area contributed by atoms with E-state index in [2.05, 4.69) is 48.6 Å². The van der Waals surface area contributed by atoms with E-state index in [4.69, 9.17) is 9.47 Å². The van der Waals surface area contributed by atoms with E-state index >= 15 is 0 Å². The summed E-state index contributed by atoms with van der Waals surface area (Å²) < 4.78 is 11.6. The summed E-state index contributed by atoms with van der Waals surface area (Å²) >= 11 is 0. The first-order valence-electron chi connectivity index (χ1n) is 11.3. The smallest absolute Gasteiger partial charge is 0.161 e. The van der Waals surface area contributed by atoms with E-state index in [9.17, 15) is 5.11 Å². The molecule has 0 aromatic heterocycles. The van der Waals surface area contributed by atoms with E-state index in [1.54, 1.807) is 7.11 Å². The Morgan fingerprint density at radius 3 is 2.33 bits per heavy atom. The zero-order chi connectivity index (χ0) is 20.8. The van der Waals surface area contributed by atoms with Crippen LogP contribution in [0.25, 0.3) is 0 Å². The van der Waals surface area contributed by atoms with Crippen LogP contribution in [0.3, 0.4) is 0 Å². The van der Waals surface area contributed by atoms with Crippen molar-refractivity contribution >= 4 is 0 Å². The summed E-state index contributed by atoms with van der Waals surface area (Å²) in [6, 6.07) is 14.6. The Labute approximate surface area is 179 Å². The highest BCUT2D eigenvalue weighted by Crippen LogP contribution is 2.57. The summed E-state index contributed by atoms with van der Waals surface area (Å²) in [6.45, 7) is 3.41. The van der Waals surface area contributed by atoms with Crippen LogP contribution < -0.4 is 14.8 Å². The highest BCUT2D eigenvalue weighted by atomic mass is 16.5. The average molecular weight is 408 g/mol. The van der Waals surface area contributed by atoms with Gasteiger partial charge in [0.2, 0.25) is 0 Å². The minimum absolute atomic E-state index is 0.104. The maximum Gasteiger partial charge on any atom is 0.161 e. The standard InChI is InChI=1S/C26H33NO3/c1-18-3-5-19(6-4-18)16-30-23-8-7-20(10-24(23)29-2)15-27-25-11-21-9-22(12-25)14-26(28,13-21)17-25/h3-8,10,21-22,27-28H,9,11-17H2,1-2H3. The summed E-state index contributed by atoms with van der Waals surface area (Å²) in [6.07, 6.45) is 6.65. The number of methoxy groups -OCH3 is 1. The molecule has 2 aromatic rings. The summed E-state index contributed by atoms with van der Waals surface area (Å²) in [7, 11) is 1.69. The fraction of sp³-hybridized carbons (Fsp3) is 0.538. The van der Waals surface area contributed by atoms with E-state index < -0.39 is 5.60 Å². The number of ether oxygens (including phenoxy) is 2. The highest BCUT2D eigenvalue weighted by Gasteiger charge is 2.56. The van der Waals surface area contributed by atoms with Gasteiger partial charge in [0.25, 0.3) is 0 Å². The Morgan fingerprint density at radius 2 is 1.67 bits per heavy atom. The lowest BCUT2D eigenvalue weighted by Crippen LogP contribution is -2.64. The summed E-state index contributed by atoms with van der Waals surface area (Å²) in [4.78, 5) is 0. The van der Waals surface area contributed by atoms with Crippen molar-refractivity contribution in [1.29, 1.82) is 0 Å². The zero-order valence-electron chi connectivity index (χ0n) is 18.1. The molecule has 0 spiro atoms. The van der Waals surface area contributed by atoms with Crippen molar-refractivity contribution in [3.05, 3.63) is 59.2 Å². The summed E-state index contributed by atoms with van der Waals surface area (Å²) in [5.74, 6) is 2.92. The first kappa shape index (κ1) is 19.9. The van der Waals surface area contributed by atoms with E-state index in [0.717, 1.165) is 42.9 Å². The van der Waals surface area contributed by atoms with Crippen molar-refractivity contribution in [2.75, 3.05) is 7.11 Å². The van der Waals surface area contributed by atoms with Gasteiger partial charge in [0.05, 0.1) is 12.7 Å². The van der Waals surface area contributed by atoms with Gasteiger partial charge < -0.3 is 19.9 Å². The van der Waals surface area contributed by atoms with Gasteiger partial charge in [-0.15, -0.1) is 0 Å². The van der Waals surface area contributed by atoms with Crippen molar-refractivity contribution in [1.82, 2.24) is 5.32 Å². The number of hydrogen-bond donors (Lipinski definition) is 2. The minimum Gasteiger partial charge on any atom is -0.493 e. The molecule has 0 heterocycles. The maximum absolute atomic E-state index is 11.0. The lowest BCUT2D eigenvalue weighted by atomic mass is 9.51. The van der Waals surface area contributed by atoms with Crippen LogP contribution in [0, 0.1) is 18.8 Å². The molecule has 4 aliphatic carbocycles. The number of aliphatic hydroxyl groups is 1. The molecule has 0 aliphatic heterocycles. The van der Waals surface area contributed by atoms with Gasteiger partial charge in [0, 0.05) is 12.1 Å². The van der Waals surface area contributed by atoms with E-state index in [0.29, 0.717) is 18.4 Å². The molecule has 4 nitrogen and oxygen atoms in total. The van der Waals surface area contributed by atoms with Gasteiger partial charge in [-0.05, 0) is 80.5 Å². The van der Waals surface area contributed by atoms with Gasteiger partial charge in [0.1, 0.15) is 6.61 Å². The monoisotopic (exact) mass is 407 g/mol. The highest BCUT2D eigenvalue weighted by molar-refractivity contribution is 5.43. The van der Waals surface area contributed by atoms with Crippen molar-refractivity contribution in [3.8, 4) is 11.5 Å². The third-order valence-corrected chi connectivity index (χ3v) is 7.44. The predicted molar refractivity (Wildman–Crippen MR) is 118 cm³/mol. The number of hydrogen-bond acceptors (Lipinski definition) is 4. The molecule has 2 aromatic carbocycles. The van der Waals surface area contributed by atoms with Crippen molar-refractivity contribution in [2.45, 2.75) is 69.7 Å². The Balaban J connectivity index is 1.24. The van der Waals surface area contributed by atoms with Gasteiger partial charge in [-0.1, -0.05) is 35.9 Å². The lowest BCUT2D eigenvalue weighted by molar-refractivity contribution is -0.142. The molecule has 4 saturated carbocycles. The van der Waals surface area contributed by atoms with Crippen LogP contribution in [0.4, 0.5) is 0 Å². The lowest BCUT2D eigenvalue weighted by Gasteiger charge is -2.60. The molecule has 4 fully saturated rings. The normalized spacial score (nSPS) is 31.7. The quantitative estimate of drug-likeness (QED) is 0.695. The molecule has 2 atom stereocenters. The third-order valence-electron chi connectivity index (χ3n) is 7.44. The molecule has 6 rings (SSSR count). The van der Waals surface area contributed by atoms with Crippen LogP contribution in [0.2, 0.25) is 0 Å².